The Morgan fingerprint density at radius 2 is 1.71 bits per heavy atom. The first-order chi connectivity index (χ1) is 8.04. The van der Waals surface area contributed by atoms with Gasteiger partial charge in [0.05, 0.1) is 0 Å². The van der Waals surface area contributed by atoms with E-state index in [1.54, 1.807) is 0 Å². The van der Waals surface area contributed by atoms with Crippen molar-refractivity contribution >= 4 is 0 Å². The number of nitrogens with one attached hydrogen (secondary N) is 1. The van der Waals surface area contributed by atoms with Crippen LogP contribution >= 0.6 is 0 Å². The van der Waals surface area contributed by atoms with Gasteiger partial charge in [-0.25, -0.2) is 8.78 Å². The fraction of sp³-hybridized carbons (Fsp3) is 0.571. The van der Waals surface area contributed by atoms with Gasteiger partial charge in [-0.1, -0.05) is 20.8 Å². The summed E-state index contributed by atoms with van der Waals surface area (Å²) in [4.78, 5) is 0. The van der Waals surface area contributed by atoms with Gasteiger partial charge in [-0.2, -0.15) is 0 Å². The summed E-state index contributed by atoms with van der Waals surface area (Å²) < 4.78 is 26.2. The van der Waals surface area contributed by atoms with Crippen molar-refractivity contribution in [3.63, 3.8) is 0 Å². The van der Waals surface area contributed by atoms with E-state index in [9.17, 15) is 8.78 Å². The van der Waals surface area contributed by atoms with Crippen LogP contribution in [0.2, 0.25) is 0 Å². The molecule has 0 radical (unpaired) electrons. The van der Waals surface area contributed by atoms with Crippen LogP contribution in [-0.2, 0) is 0 Å². The van der Waals surface area contributed by atoms with Crippen LogP contribution in [0, 0.1) is 17.6 Å². The lowest BCUT2D eigenvalue weighted by atomic mass is 9.89. The fourth-order valence-electron chi connectivity index (χ4n) is 1.85. The highest BCUT2D eigenvalue weighted by Gasteiger charge is 2.15. The quantitative estimate of drug-likeness (QED) is 0.749. The normalized spacial score (nSPS) is 14.6. The zero-order valence-corrected chi connectivity index (χ0v) is 10.8. The second kappa shape index (κ2) is 6.70. The van der Waals surface area contributed by atoms with Gasteiger partial charge in [0.1, 0.15) is 11.6 Å². The Morgan fingerprint density at radius 1 is 1.12 bits per heavy atom. The van der Waals surface area contributed by atoms with Crippen LogP contribution < -0.4 is 5.32 Å². The molecule has 0 saturated heterocycles. The van der Waals surface area contributed by atoms with E-state index in [0.717, 1.165) is 31.1 Å². The molecule has 0 spiro atoms. The first-order valence-electron chi connectivity index (χ1n) is 6.21. The molecule has 0 heterocycles. The van der Waals surface area contributed by atoms with E-state index < -0.39 is 11.6 Å². The predicted molar refractivity (Wildman–Crippen MR) is 67.1 cm³/mol. The molecule has 1 rings (SSSR count). The molecule has 0 aliphatic carbocycles. The van der Waals surface area contributed by atoms with Crippen molar-refractivity contribution in [2.75, 3.05) is 13.1 Å². The molecule has 1 aromatic carbocycles. The maximum absolute atomic E-state index is 13.1. The van der Waals surface area contributed by atoms with Crippen LogP contribution in [0.1, 0.15) is 38.7 Å². The van der Waals surface area contributed by atoms with Crippen molar-refractivity contribution in [2.24, 2.45) is 5.92 Å². The second-order valence-electron chi connectivity index (χ2n) is 4.67. The Kier molecular flexibility index (Phi) is 5.56. The van der Waals surface area contributed by atoms with Gasteiger partial charge in [0.25, 0.3) is 0 Å². The summed E-state index contributed by atoms with van der Waals surface area (Å²) in [5, 5.41) is 3.33. The third-order valence-corrected chi connectivity index (χ3v) is 3.16. The van der Waals surface area contributed by atoms with Crippen molar-refractivity contribution in [1.29, 1.82) is 0 Å². The predicted octanol–water partition coefficient (Wildman–Crippen LogP) is 3.70. The highest BCUT2D eigenvalue weighted by molar-refractivity contribution is 5.22. The van der Waals surface area contributed by atoms with Gasteiger partial charge in [0.2, 0.25) is 0 Å². The Bertz CT molecular complexity index is 332. The molecule has 0 aliphatic heterocycles. The lowest BCUT2D eigenvalue weighted by Gasteiger charge is -2.21. The Balaban J connectivity index is 2.64. The molecule has 17 heavy (non-hydrogen) atoms. The molecule has 1 N–H and O–H groups in total. The van der Waals surface area contributed by atoms with E-state index in [4.69, 9.17) is 0 Å². The third-order valence-electron chi connectivity index (χ3n) is 3.16. The number of halogens is 2. The van der Waals surface area contributed by atoms with Gasteiger partial charge in [-0.3, -0.25) is 0 Å². The van der Waals surface area contributed by atoms with Gasteiger partial charge < -0.3 is 5.32 Å². The minimum Gasteiger partial charge on any atom is -0.316 e. The van der Waals surface area contributed by atoms with Crippen LogP contribution in [-0.4, -0.2) is 13.1 Å². The van der Waals surface area contributed by atoms with Crippen molar-refractivity contribution in [1.82, 2.24) is 5.32 Å². The zero-order chi connectivity index (χ0) is 12.8. The summed E-state index contributed by atoms with van der Waals surface area (Å²) in [7, 11) is 0. The summed E-state index contributed by atoms with van der Waals surface area (Å²) in [6.45, 7) is 8.06. The van der Waals surface area contributed by atoms with Crippen LogP contribution in [0.3, 0.4) is 0 Å². The Morgan fingerprint density at radius 3 is 2.24 bits per heavy atom. The second-order valence-corrected chi connectivity index (χ2v) is 4.67. The van der Waals surface area contributed by atoms with E-state index in [0.29, 0.717) is 5.92 Å². The molecular formula is C14H21F2N. The van der Waals surface area contributed by atoms with E-state index in [2.05, 4.69) is 19.2 Å². The van der Waals surface area contributed by atoms with Crippen LogP contribution in [0.4, 0.5) is 8.78 Å². The van der Waals surface area contributed by atoms with Crippen molar-refractivity contribution in [3.8, 4) is 0 Å². The molecule has 0 bridgehead atoms. The Hall–Kier alpha value is -0.960. The molecule has 1 aromatic rings. The molecular weight excluding hydrogens is 220 g/mol. The van der Waals surface area contributed by atoms with Gasteiger partial charge in [0.15, 0.2) is 0 Å². The summed E-state index contributed by atoms with van der Waals surface area (Å²) >= 11 is 0. The van der Waals surface area contributed by atoms with Gasteiger partial charge in [-0.05, 0) is 49.0 Å². The smallest absolute Gasteiger partial charge is 0.126 e. The maximum Gasteiger partial charge on any atom is 0.126 e. The summed E-state index contributed by atoms with van der Waals surface area (Å²) in [6, 6.07) is 3.75. The van der Waals surface area contributed by atoms with Gasteiger partial charge in [0, 0.05) is 6.07 Å². The summed E-state index contributed by atoms with van der Waals surface area (Å²) in [6.07, 6.45) is 1.09. The molecule has 0 fully saturated rings. The number of hydrogen-bond donors (Lipinski definition) is 1. The lowest BCUT2D eigenvalue weighted by molar-refractivity contribution is 0.444. The molecule has 0 aromatic heterocycles. The van der Waals surface area contributed by atoms with Crippen LogP contribution in [0.5, 0.6) is 0 Å². The van der Waals surface area contributed by atoms with E-state index in [-0.39, 0.29) is 5.92 Å². The number of rotatable bonds is 6. The zero-order valence-electron chi connectivity index (χ0n) is 10.8. The van der Waals surface area contributed by atoms with E-state index in [1.807, 2.05) is 6.92 Å². The van der Waals surface area contributed by atoms with Crippen LogP contribution in [0.15, 0.2) is 18.2 Å². The first-order valence-corrected chi connectivity index (χ1v) is 6.21. The molecule has 0 saturated carbocycles. The topological polar surface area (TPSA) is 12.0 Å². The SMILES string of the molecule is CCCNCC(C)C(C)c1cc(F)cc(F)c1. The van der Waals surface area contributed by atoms with Crippen molar-refractivity contribution in [2.45, 2.75) is 33.1 Å². The third kappa shape index (κ3) is 4.43. The van der Waals surface area contributed by atoms with Crippen LogP contribution in [0.25, 0.3) is 0 Å². The monoisotopic (exact) mass is 241 g/mol. The molecule has 0 aliphatic rings. The number of hydrogen-bond acceptors (Lipinski definition) is 1. The average Bonchev–Trinajstić information content (AvgIpc) is 2.27. The minimum atomic E-state index is -0.499. The summed E-state index contributed by atoms with van der Waals surface area (Å²) in [5.74, 6) is -0.506. The largest absolute Gasteiger partial charge is 0.316 e. The van der Waals surface area contributed by atoms with Gasteiger partial charge in [-0.15, -0.1) is 0 Å². The molecule has 96 valence electrons. The maximum atomic E-state index is 13.1. The van der Waals surface area contributed by atoms with E-state index >= 15 is 0 Å². The minimum absolute atomic E-state index is 0.143. The molecule has 2 atom stereocenters. The van der Waals surface area contributed by atoms with E-state index in [1.165, 1.54) is 12.1 Å². The van der Waals surface area contributed by atoms with Gasteiger partial charge >= 0.3 is 0 Å². The highest BCUT2D eigenvalue weighted by Crippen LogP contribution is 2.25. The molecule has 0 amide bonds. The lowest BCUT2D eigenvalue weighted by Crippen LogP contribution is -2.25. The highest BCUT2D eigenvalue weighted by atomic mass is 19.1. The Labute approximate surface area is 102 Å². The first kappa shape index (κ1) is 14.1. The number of benzene rings is 1. The average molecular weight is 241 g/mol. The van der Waals surface area contributed by atoms with Crippen molar-refractivity contribution in [3.05, 3.63) is 35.4 Å². The molecule has 3 heteroatoms. The molecule has 1 nitrogen and oxygen atoms in total. The standard InChI is InChI=1S/C14H21F2N/c1-4-5-17-9-10(2)11(3)12-6-13(15)8-14(16)7-12/h6-8,10-11,17H,4-5,9H2,1-3H3. The summed E-state index contributed by atoms with van der Waals surface area (Å²) in [5.41, 5.74) is 0.730. The molecule has 2 unspecified atom stereocenters. The fourth-order valence-corrected chi connectivity index (χ4v) is 1.85. The van der Waals surface area contributed by atoms with Crippen molar-refractivity contribution < 1.29 is 8.78 Å².